The smallest absolute Gasteiger partial charge is 0.446 e. The van der Waals surface area contributed by atoms with E-state index >= 15 is 0 Å². The summed E-state index contributed by atoms with van der Waals surface area (Å²) in [5.41, 5.74) is 1.28. The SMILES string of the molecule is COC(=O)Cc1cc(CN)cc(C#N)c1SC(F)(F)F. The van der Waals surface area contributed by atoms with Crippen LogP contribution < -0.4 is 5.73 Å². The minimum absolute atomic E-state index is 0.0554. The Kier molecular flexibility index (Phi) is 5.42. The van der Waals surface area contributed by atoms with Gasteiger partial charge in [0.1, 0.15) is 6.07 Å². The molecule has 0 spiro atoms. The Morgan fingerprint density at radius 1 is 1.50 bits per heavy atom. The Labute approximate surface area is 117 Å². The first-order valence-corrected chi connectivity index (χ1v) is 6.21. The number of nitrogens with zero attached hydrogens (tertiary/aromatic N) is 1. The van der Waals surface area contributed by atoms with Gasteiger partial charge in [-0.05, 0) is 29.0 Å². The van der Waals surface area contributed by atoms with Gasteiger partial charge in [0.05, 0.1) is 19.1 Å². The van der Waals surface area contributed by atoms with Crippen LogP contribution in [0.15, 0.2) is 17.0 Å². The lowest BCUT2D eigenvalue weighted by molar-refractivity contribution is -0.139. The fourth-order valence-electron chi connectivity index (χ4n) is 1.55. The van der Waals surface area contributed by atoms with Gasteiger partial charge >= 0.3 is 11.5 Å². The number of carbonyl (C=O) groups is 1. The highest BCUT2D eigenvalue weighted by Crippen LogP contribution is 2.41. The standard InChI is InChI=1S/C12H11F3N2O2S/c1-19-10(18)4-8-2-7(5-16)3-9(6-17)11(8)20-12(13,14)15/h2-3H,4-5,16H2,1H3. The molecule has 0 aliphatic rings. The molecule has 0 unspecified atom stereocenters. The molecular weight excluding hydrogens is 293 g/mol. The molecule has 2 N–H and O–H groups in total. The summed E-state index contributed by atoms with van der Waals surface area (Å²) >= 11 is -0.421. The van der Waals surface area contributed by atoms with Gasteiger partial charge in [-0.25, -0.2) is 0 Å². The number of benzene rings is 1. The van der Waals surface area contributed by atoms with Crippen molar-refractivity contribution < 1.29 is 22.7 Å². The molecule has 0 aromatic heterocycles. The summed E-state index contributed by atoms with van der Waals surface area (Å²) in [7, 11) is 1.14. The first-order valence-electron chi connectivity index (χ1n) is 5.39. The molecular formula is C12H11F3N2O2S. The predicted molar refractivity (Wildman–Crippen MR) is 66.7 cm³/mol. The van der Waals surface area contributed by atoms with Crippen molar-refractivity contribution in [1.29, 1.82) is 5.26 Å². The number of carbonyl (C=O) groups excluding carboxylic acids is 1. The lowest BCUT2D eigenvalue weighted by Crippen LogP contribution is -2.10. The highest BCUT2D eigenvalue weighted by molar-refractivity contribution is 8.00. The summed E-state index contributed by atoms with van der Waals surface area (Å²) < 4.78 is 42.1. The van der Waals surface area contributed by atoms with Crippen molar-refractivity contribution in [3.8, 4) is 6.07 Å². The largest absolute Gasteiger partial charge is 0.469 e. The maximum Gasteiger partial charge on any atom is 0.446 e. The molecule has 4 nitrogen and oxygen atoms in total. The number of halogens is 3. The van der Waals surface area contributed by atoms with Crippen LogP contribution in [-0.4, -0.2) is 18.6 Å². The van der Waals surface area contributed by atoms with E-state index in [-0.39, 0.29) is 29.0 Å². The topological polar surface area (TPSA) is 76.1 Å². The van der Waals surface area contributed by atoms with Gasteiger partial charge in [0.15, 0.2) is 0 Å². The van der Waals surface area contributed by atoms with Crippen molar-refractivity contribution in [1.82, 2.24) is 0 Å². The van der Waals surface area contributed by atoms with Crippen LogP contribution in [0.5, 0.6) is 0 Å². The highest BCUT2D eigenvalue weighted by atomic mass is 32.2. The highest BCUT2D eigenvalue weighted by Gasteiger charge is 2.32. The molecule has 0 aliphatic heterocycles. The average molecular weight is 304 g/mol. The van der Waals surface area contributed by atoms with E-state index < -0.39 is 23.2 Å². The molecule has 20 heavy (non-hydrogen) atoms. The van der Waals surface area contributed by atoms with Gasteiger partial charge in [-0.1, -0.05) is 6.07 Å². The van der Waals surface area contributed by atoms with Crippen LogP contribution in [0.4, 0.5) is 13.2 Å². The lowest BCUT2D eigenvalue weighted by atomic mass is 10.0. The van der Waals surface area contributed by atoms with E-state index in [2.05, 4.69) is 4.74 Å². The summed E-state index contributed by atoms with van der Waals surface area (Å²) in [5, 5.41) is 8.96. The van der Waals surface area contributed by atoms with Gasteiger partial charge in [0, 0.05) is 11.4 Å². The Morgan fingerprint density at radius 3 is 2.60 bits per heavy atom. The first kappa shape index (κ1) is 16.3. The molecule has 0 fully saturated rings. The summed E-state index contributed by atoms with van der Waals surface area (Å²) in [6.45, 7) is 0.0554. The van der Waals surface area contributed by atoms with Gasteiger partial charge in [0.2, 0.25) is 0 Å². The summed E-state index contributed by atoms with van der Waals surface area (Å²) in [4.78, 5) is 11.0. The molecule has 0 amide bonds. The Morgan fingerprint density at radius 2 is 2.15 bits per heavy atom. The van der Waals surface area contributed by atoms with E-state index in [1.54, 1.807) is 6.07 Å². The monoisotopic (exact) mass is 304 g/mol. The fourth-order valence-corrected chi connectivity index (χ4v) is 2.26. The van der Waals surface area contributed by atoms with Crippen molar-refractivity contribution in [2.75, 3.05) is 7.11 Å². The Balaban J connectivity index is 3.35. The van der Waals surface area contributed by atoms with E-state index in [1.807, 2.05) is 0 Å². The average Bonchev–Trinajstić information content (AvgIpc) is 2.38. The number of hydrogen-bond acceptors (Lipinski definition) is 5. The Bertz CT molecular complexity index is 553. The van der Waals surface area contributed by atoms with E-state index in [0.29, 0.717) is 5.56 Å². The molecule has 0 aliphatic carbocycles. The summed E-state index contributed by atoms with van der Waals surface area (Å²) in [5.74, 6) is -0.688. The van der Waals surface area contributed by atoms with E-state index in [4.69, 9.17) is 11.0 Å². The minimum atomic E-state index is -4.55. The maximum absolute atomic E-state index is 12.6. The third-order valence-corrected chi connectivity index (χ3v) is 3.28. The van der Waals surface area contributed by atoms with E-state index in [0.717, 1.165) is 7.11 Å². The molecule has 1 rings (SSSR count). The maximum atomic E-state index is 12.6. The lowest BCUT2D eigenvalue weighted by Gasteiger charge is -2.14. The van der Waals surface area contributed by atoms with Gasteiger partial charge in [0.25, 0.3) is 0 Å². The third-order valence-electron chi connectivity index (χ3n) is 2.36. The molecule has 108 valence electrons. The predicted octanol–water partition coefficient (Wildman–Crippen LogP) is 2.34. The van der Waals surface area contributed by atoms with Crippen LogP contribution in [-0.2, 0) is 22.5 Å². The molecule has 0 saturated heterocycles. The number of rotatable bonds is 4. The molecule has 0 bridgehead atoms. The van der Waals surface area contributed by atoms with Crippen LogP contribution in [0, 0.1) is 11.3 Å². The molecule has 1 aromatic carbocycles. The Hall–Kier alpha value is -1.72. The van der Waals surface area contributed by atoms with Gasteiger partial charge in [-0.15, -0.1) is 0 Å². The number of esters is 1. The first-order chi connectivity index (χ1) is 9.30. The van der Waals surface area contributed by atoms with E-state index in [9.17, 15) is 18.0 Å². The van der Waals surface area contributed by atoms with Crippen LogP contribution >= 0.6 is 11.8 Å². The van der Waals surface area contributed by atoms with Crippen LogP contribution in [0.3, 0.4) is 0 Å². The molecule has 0 heterocycles. The normalized spacial score (nSPS) is 11.0. The van der Waals surface area contributed by atoms with E-state index in [1.165, 1.54) is 12.1 Å². The second kappa shape index (κ2) is 6.63. The number of methoxy groups -OCH3 is 1. The van der Waals surface area contributed by atoms with Gasteiger partial charge in [-0.2, -0.15) is 18.4 Å². The van der Waals surface area contributed by atoms with Crippen molar-refractivity contribution in [3.63, 3.8) is 0 Å². The van der Waals surface area contributed by atoms with Crippen molar-refractivity contribution in [3.05, 3.63) is 28.8 Å². The minimum Gasteiger partial charge on any atom is -0.469 e. The number of nitrogens with two attached hydrogens (primary N) is 1. The molecule has 0 radical (unpaired) electrons. The van der Waals surface area contributed by atoms with Crippen molar-refractivity contribution >= 4 is 17.7 Å². The van der Waals surface area contributed by atoms with Crippen LogP contribution in [0.2, 0.25) is 0 Å². The second-order valence-corrected chi connectivity index (χ2v) is 4.82. The zero-order valence-electron chi connectivity index (χ0n) is 10.5. The van der Waals surface area contributed by atoms with Gasteiger partial charge in [-0.3, -0.25) is 4.79 Å². The summed E-state index contributed by atoms with van der Waals surface area (Å²) in [6.07, 6.45) is -0.350. The molecule has 8 heteroatoms. The van der Waals surface area contributed by atoms with Gasteiger partial charge < -0.3 is 10.5 Å². The summed E-state index contributed by atoms with van der Waals surface area (Å²) in [6, 6.07) is 4.36. The number of ether oxygens (including phenoxy) is 1. The van der Waals surface area contributed by atoms with Crippen molar-refractivity contribution in [2.24, 2.45) is 5.73 Å². The quantitative estimate of drug-likeness (QED) is 0.682. The van der Waals surface area contributed by atoms with Crippen LogP contribution in [0.25, 0.3) is 0 Å². The molecule has 1 aromatic rings. The fraction of sp³-hybridized carbons (Fsp3) is 0.333. The number of alkyl halides is 3. The van der Waals surface area contributed by atoms with Crippen LogP contribution in [0.1, 0.15) is 16.7 Å². The zero-order valence-corrected chi connectivity index (χ0v) is 11.3. The number of thioether (sulfide) groups is 1. The zero-order chi connectivity index (χ0) is 15.3. The van der Waals surface area contributed by atoms with Crippen molar-refractivity contribution in [2.45, 2.75) is 23.4 Å². The second-order valence-electron chi connectivity index (χ2n) is 3.75. The molecule has 0 atom stereocenters. The number of hydrogen-bond donors (Lipinski definition) is 1. The molecule has 0 saturated carbocycles. The number of nitriles is 1. The third kappa shape index (κ3) is 4.43.